The van der Waals surface area contributed by atoms with Gasteiger partial charge in [0, 0.05) is 19.3 Å². The van der Waals surface area contributed by atoms with Crippen LogP contribution in [-0.4, -0.2) is 37.2 Å². The zero-order valence-electron chi connectivity index (χ0n) is 38.3. The highest BCUT2D eigenvalue weighted by Crippen LogP contribution is 2.14. The molecule has 0 bridgehead atoms. The summed E-state index contributed by atoms with van der Waals surface area (Å²) < 4.78 is 16.7. The Labute approximate surface area is 358 Å². The van der Waals surface area contributed by atoms with Gasteiger partial charge in [-0.25, -0.2) is 0 Å². The molecule has 0 radical (unpaired) electrons. The molecule has 1 unspecified atom stereocenters. The fourth-order valence-corrected chi connectivity index (χ4v) is 6.83. The second-order valence-corrected chi connectivity index (χ2v) is 16.3. The minimum atomic E-state index is -0.787. The first-order chi connectivity index (χ1) is 28.5. The van der Waals surface area contributed by atoms with Gasteiger partial charge in [0.15, 0.2) is 6.10 Å². The van der Waals surface area contributed by atoms with Crippen LogP contribution in [-0.2, 0) is 28.6 Å². The van der Waals surface area contributed by atoms with Crippen molar-refractivity contribution in [1.29, 1.82) is 0 Å². The number of esters is 3. The molecule has 0 fully saturated rings. The number of ether oxygens (including phenoxy) is 3. The van der Waals surface area contributed by atoms with Crippen molar-refractivity contribution in [2.75, 3.05) is 13.2 Å². The van der Waals surface area contributed by atoms with Crippen molar-refractivity contribution in [3.05, 3.63) is 48.6 Å². The molecule has 0 aliphatic heterocycles. The number of allylic oxidation sites excluding steroid dienone is 8. The first-order valence-electron chi connectivity index (χ1n) is 24.6. The molecule has 0 aromatic carbocycles. The zero-order valence-corrected chi connectivity index (χ0v) is 38.3. The molecule has 0 heterocycles. The largest absolute Gasteiger partial charge is 0.462 e. The molecule has 0 spiro atoms. The van der Waals surface area contributed by atoms with Gasteiger partial charge in [0.1, 0.15) is 13.2 Å². The standard InChI is InChI=1S/C52H92O6/c1-4-7-10-13-16-19-21-23-25-26-27-29-30-33-36-39-42-45-51(54)57-48-49(47-56-50(53)44-41-38-35-32-18-15-12-9-6-3)58-52(55)46-43-40-37-34-31-28-24-22-20-17-14-11-8-5-2/h8,11,17,20,23,25,32,35,49H,4-7,9-10,12-16,18-19,21-22,24,26-31,33-34,36-48H2,1-3H3/b11-8-,20-17-,25-23-,35-32-. The molecule has 0 aromatic rings. The normalized spacial score (nSPS) is 12.4. The Morgan fingerprint density at radius 2 is 0.690 bits per heavy atom. The van der Waals surface area contributed by atoms with Crippen LogP contribution < -0.4 is 0 Å². The number of hydrogen-bond donors (Lipinski definition) is 0. The topological polar surface area (TPSA) is 78.9 Å². The van der Waals surface area contributed by atoms with E-state index in [2.05, 4.69) is 69.4 Å². The van der Waals surface area contributed by atoms with E-state index in [4.69, 9.17) is 14.2 Å². The third-order valence-electron chi connectivity index (χ3n) is 10.5. The van der Waals surface area contributed by atoms with Crippen LogP contribution >= 0.6 is 0 Å². The molecule has 1 atom stereocenters. The smallest absolute Gasteiger partial charge is 0.306 e. The van der Waals surface area contributed by atoms with Crippen LogP contribution in [0.15, 0.2) is 48.6 Å². The Hall–Kier alpha value is -2.63. The predicted molar refractivity (Wildman–Crippen MR) is 247 cm³/mol. The molecule has 6 nitrogen and oxygen atoms in total. The first kappa shape index (κ1) is 55.4. The Bertz CT molecular complexity index is 1030. The molecule has 0 saturated heterocycles. The summed E-state index contributed by atoms with van der Waals surface area (Å²) in [7, 11) is 0. The molecular formula is C52H92O6. The number of carbonyl (C=O) groups excluding carboxylic acids is 3. The molecular weight excluding hydrogens is 721 g/mol. The van der Waals surface area contributed by atoms with Crippen LogP contribution in [0.1, 0.15) is 245 Å². The van der Waals surface area contributed by atoms with E-state index < -0.39 is 6.10 Å². The van der Waals surface area contributed by atoms with Gasteiger partial charge >= 0.3 is 17.9 Å². The van der Waals surface area contributed by atoms with Crippen LogP contribution in [0.4, 0.5) is 0 Å². The number of rotatable bonds is 44. The highest BCUT2D eigenvalue weighted by atomic mass is 16.6. The van der Waals surface area contributed by atoms with Crippen LogP contribution in [0.2, 0.25) is 0 Å². The van der Waals surface area contributed by atoms with Crippen molar-refractivity contribution in [3.8, 4) is 0 Å². The average molecular weight is 813 g/mol. The lowest BCUT2D eigenvalue weighted by atomic mass is 10.1. The van der Waals surface area contributed by atoms with E-state index >= 15 is 0 Å². The summed E-state index contributed by atoms with van der Waals surface area (Å²) in [6.45, 7) is 6.46. The molecule has 0 N–H and O–H groups in total. The molecule has 58 heavy (non-hydrogen) atoms. The van der Waals surface area contributed by atoms with Gasteiger partial charge in [-0.3, -0.25) is 14.4 Å². The first-order valence-corrected chi connectivity index (χ1v) is 24.6. The predicted octanol–water partition coefficient (Wildman–Crippen LogP) is 15.9. The molecule has 336 valence electrons. The molecule has 6 heteroatoms. The Morgan fingerprint density at radius 3 is 1.14 bits per heavy atom. The van der Waals surface area contributed by atoms with Crippen LogP contribution in [0.25, 0.3) is 0 Å². The lowest BCUT2D eigenvalue weighted by Gasteiger charge is -2.18. The third kappa shape index (κ3) is 44.5. The summed E-state index contributed by atoms with van der Waals surface area (Å²) in [5.74, 6) is -0.934. The van der Waals surface area contributed by atoms with Gasteiger partial charge in [0.2, 0.25) is 0 Å². The zero-order chi connectivity index (χ0) is 42.3. The fraction of sp³-hybridized carbons (Fsp3) is 0.788. The maximum Gasteiger partial charge on any atom is 0.306 e. The Balaban J connectivity index is 4.34. The minimum Gasteiger partial charge on any atom is -0.462 e. The van der Waals surface area contributed by atoms with Crippen LogP contribution in [0, 0.1) is 0 Å². The van der Waals surface area contributed by atoms with Crippen molar-refractivity contribution in [3.63, 3.8) is 0 Å². The number of unbranched alkanes of at least 4 members (excludes halogenated alkanes) is 25. The highest BCUT2D eigenvalue weighted by Gasteiger charge is 2.19. The van der Waals surface area contributed by atoms with E-state index in [0.717, 1.165) is 70.6 Å². The quantitative estimate of drug-likeness (QED) is 0.0264. The van der Waals surface area contributed by atoms with Crippen molar-refractivity contribution in [2.45, 2.75) is 252 Å². The molecule has 0 saturated carbocycles. The average Bonchev–Trinajstić information content (AvgIpc) is 3.22. The summed E-state index contributed by atoms with van der Waals surface area (Å²) in [5, 5.41) is 0. The maximum atomic E-state index is 12.7. The third-order valence-corrected chi connectivity index (χ3v) is 10.5. The van der Waals surface area contributed by atoms with Gasteiger partial charge in [-0.15, -0.1) is 0 Å². The van der Waals surface area contributed by atoms with Gasteiger partial charge in [-0.2, -0.15) is 0 Å². The van der Waals surface area contributed by atoms with E-state index in [1.807, 2.05) is 0 Å². The summed E-state index contributed by atoms with van der Waals surface area (Å²) >= 11 is 0. The molecule has 0 rings (SSSR count). The number of carbonyl (C=O) groups is 3. The molecule has 0 aliphatic carbocycles. The van der Waals surface area contributed by atoms with E-state index in [1.54, 1.807) is 0 Å². The summed E-state index contributed by atoms with van der Waals surface area (Å²) in [4.78, 5) is 37.8. The molecule has 0 aromatic heterocycles. The van der Waals surface area contributed by atoms with Crippen LogP contribution in [0.5, 0.6) is 0 Å². The van der Waals surface area contributed by atoms with Crippen molar-refractivity contribution < 1.29 is 28.6 Å². The maximum absolute atomic E-state index is 12.7. The monoisotopic (exact) mass is 813 g/mol. The number of hydrogen-bond acceptors (Lipinski definition) is 6. The molecule has 0 amide bonds. The lowest BCUT2D eigenvalue weighted by molar-refractivity contribution is -0.167. The van der Waals surface area contributed by atoms with Gasteiger partial charge < -0.3 is 14.2 Å². The van der Waals surface area contributed by atoms with Gasteiger partial charge in [-0.1, -0.05) is 185 Å². The van der Waals surface area contributed by atoms with Gasteiger partial charge in [0.05, 0.1) is 0 Å². The van der Waals surface area contributed by atoms with E-state index in [0.29, 0.717) is 25.7 Å². The van der Waals surface area contributed by atoms with E-state index in [1.165, 1.54) is 128 Å². The molecule has 0 aliphatic rings. The Morgan fingerprint density at radius 1 is 0.362 bits per heavy atom. The van der Waals surface area contributed by atoms with Gasteiger partial charge in [-0.05, 0) is 89.9 Å². The SMILES string of the molecule is CC/C=C\C/C=C\CCCCCCCCCC(=O)OC(COC(=O)CCC/C=C\CCCCCC)COC(=O)CCCCCCCCC/C=C\CCCCCCCC. The fourth-order valence-electron chi connectivity index (χ4n) is 6.83. The minimum absolute atomic E-state index is 0.0867. The van der Waals surface area contributed by atoms with E-state index in [-0.39, 0.29) is 31.1 Å². The van der Waals surface area contributed by atoms with Crippen LogP contribution in [0.3, 0.4) is 0 Å². The van der Waals surface area contributed by atoms with Crippen molar-refractivity contribution in [2.24, 2.45) is 0 Å². The summed E-state index contributed by atoms with van der Waals surface area (Å²) in [6.07, 6.45) is 55.3. The summed E-state index contributed by atoms with van der Waals surface area (Å²) in [6, 6.07) is 0. The van der Waals surface area contributed by atoms with E-state index in [9.17, 15) is 14.4 Å². The second kappa shape index (κ2) is 47.1. The summed E-state index contributed by atoms with van der Waals surface area (Å²) in [5.41, 5.74) is 0. The second-order valence-electron chi connectivity index (χ2n) is 16.3. The Kier molecular flexibility index (Phi) is 44.9. The lowest BCUT2D eigenvalue weighted by Crippen LogP contribution is -2.30. The van der Waals surface area contributed by atoms with Gasteiger partial charge in [0.25, 0.3) is 0 Å². The van der Waals surface area contributed by atoms with Crippen molar-refractivity contribution in [1.82, 2.24) is 0 Å². The van der Waals surface area contributed by atoms with Crippen molar-refractivity contribution >= 4 is 17.9 Å². The highest BCUT2D eigenvalue weighted by molar-refractivity contribution is 5.71.